The molecule has 1 nitrogen and oxygen atoms in total. The van der Waals surface area contributed by atoms with Crippen LogP contribution in [0.2, 0.25) is 0 Å². The summed E-state index contributed by atoms with van der Waals surface area (Å²) in [5.41, 5.74) is 0.851. The Morgan fingerprint density at radius 2 is 1.94 bits per heavy atom. The monoisotopic (exact) mass is 251 g/mol. The van der Waals surface area contributed by atoms with Gasteiger partial charge in [0, 0.05) is 0 Å². The van der Waals surface area contributed by atoms with Crippen molar-refractivity contribution < 1.29 is 4.39 Å². The largest absolute Gasteiger partial charge is 0.317 e. The van der Waals surface area contributed by atoms with Crippen LogP contribution < -0.4 is 5.32 Å². The Balaban J connectivity index is 2.62. The van der Waals surface area contributed by atoms with E-state index in [9.17, 15) is 4.39 Å². The lowest BCUT2D eigenvalue weighted by Crippen LogP contribution is -2.25. The van der Waals surface area contributed by atoms with Crippen molar-refractivity contribution in [1.82, 2.24) is 5.32 Å². The van der Waals surface area contributed by atoms with Crippen LogP contribution in [0.3, 0.4) is 0 Å². The maximum Gasteiger partial charge on any atom is 0.126 e. The van der Waals surface area contributed by atoms with E-state index in [0.717, 1.165) is 31.5 Å². The molecule has 0 amide bonds. The highest BCUT2D eigenvalue weighted by molar-refractivity contribution is 5.17. The third kappa shape index (κ3) is 5.18. The van der Waals surface area contributed by atoms with Gasteiger partial charge >= 0.3 is 0 Å². The Hall–Kier alpha value is -0.890. The average Bonchev–Trinajstić information content (AvgIpc) is 2.38. The number of hydrogen-bond acceptors (Lipinski definition) is 1. The summed E-state index contributed by atoms with van der Waals surface area (Å²) >= 11 is 0. The normalized spacial score (nSPS) is 14.4. The van der Waals surface area contributed by atoms with Gasteiger partial charge in [-0.15, -0.1) is 0 Å². The van der Waals surface area contributed by atoms with Crippen molar-refractivity contribution in [3.63, 3.8) is 0 Å². The van der Waals surface area contributed by atoms with Crippen LogP contribution in [0.25, 0.3) is 0 Å². The Kier molecular flexibility index (Phi) is 6.96. The van der Waals surface area contributed by atoms with Crippen molar-refractivity contribution in [2.24, 2.45) is 11.8 Å². The Morgan fingerprint density at radius 1 is 1.22 bits per heavy atom. The van der Waals surface area contributed by atoms with Crippen molar-refractivity contribution in [3.8, 4) is 0 Å². The summed E-state index contributed by atoms with van der Waals surface area (Å²) in [6.45, 7) is 8.57. The van der Waals surface area contributed by atoms with Crippen LogP contribution in [0.15, 0.2) is 24.3 Å². The molecule has 2 atom stereocenters. The average molecular weight is 251 g/mol. The molecule has 0 spiro atoms. The fourth-order valence-electron chi connectivity index (χ4n) is 2.30. The van der Waals surface area contributed by atoms with E-state index in [1.54, 1.807) is 12.1 Å². The van der Waals surface area contributed by atoms with E-state index in [-0.39, 0.29) is 5.82 Å². The third-order valence-corrected chi connectivity index (χ3v) is 3.58. The van der Waals surface area contributed by atoms with Crippen LogP contribution >= 0.6 is 0 Å². The quantitative estimate of drug-likeness (QED) is 0.735. The summed E-state index contributed by atoms with van der Waals surface area (Å²) in [4.78, 5) is 0. The number of nitrogens with one attached hydrogen (secondary N) is 1. The molecule has 0 aliphatic heterocycles. The van der Waals surface area contributed by atoms with Crippen molar-refractivity contribution >= 4 is 0 Å². The first kappa shape index (κ1) is 15.2. The molecule has 2 heteroatoms. The zero-order valence-electron chi connectivity index (χ0n) is 11.9. The molecule has 0 aliphatic carbocycles. The van der Waals surface area contributed by atoms with E-state index in [1.807, 2.05) is 12.1 Å². The Morgan fingerprint density at radius 3 is 2.56 bits per heavy atom. The first-order valence-corrected chi connectivity index (χ1v) is 7.11. The van der Waals surface area contributed by atoms with Crippen LogP contribution in [0, 0.1) is 17.7 Å². The molecule has 0 aromatic heterocycles. The molecule has 1 rings (SSSR count). The molecule has 1 aromatic rings. The molecular weight excluding hydrogens is 225 g/mol. The topological polar surface area (TPSA) is 12.0 Å². The number of benzene rings is 1. The van der Waals surface area contributed by atoms with E-state index >= 15 is 0 Å². The molecule has 0 saturated carbocycles. The van der Waals surface area contributed by atoms with Gasteiger partial charge in [0.2, 0.25) is 0 Å². The minimum Gasteiger partial charge on any atom is -0.317 e. The first-order chi connectivity index (χ1) is 8.67. The SMILES string of the molecule is CCNCC(Cc1ccccc1F)CC(C)CC. The summed E-state index contributed by atoms with van der Waals surface area (Å²) in [6.07, 6.45) is 3.20. The summed E-state index contributed by atoms with van der Waals surface area (Å²) in [5.74, 6) is 1.17. The lowest BCUT2D eigenvalue weighted by molar-refractivity contribution is 0.362. The minimum atomic E-state index is -0.0665. The molecule has 1 N–H and O–H groups in total. The number of hydrogen-bond donors (Lipinski definition) is 1. The maximum atomic E-state index is 13.7. The zero-order valence-corrected chi connectivity index (χ0v) is 11.9. The van der Waals surface area contributed by atoms with E-state index in [2.05, 4.69) is 26.1 Å². The van der Waals surface area contributed by atoms with Crippen LogP contribution in [-0.4, -0.2) is 13.1 Å². The van der Waals surface area contributed by atoms with Crippen molar-refractivity contribution in [1.29, 1.82) is 0 Å². The second kappa shape index (κ2) is 8.25. The van der Waals surface area contributed by atoms with E-state index < -0.39 is 0 Å². The molecule has 0 fully saturated rings. The van der Waals surface area contributed by atoms with E-state index in [4.69, 9.17) is 0 Å². The van der Waals surface area contributed by atoms with E-state index in [0.29, 0.717) is 11.8 Å². The molecular formula is C16H26FN. The number of halogens is 1. The van der Waals surface area contributed by atoms with Crippen LogP contribution in [0.4, 0.5) is 4.39 Å². The molecule has 0 aliphatic rings. The maximum absolute atomic E-state index is 13.7. The highest BCUT2D eigenvalue weighted by Crippen LogP contribution is 2.20. The highest BCUT2D eigenvalue weighted by Gasteiger charge is 2.14. The summed E-state index contributed by atoms with van der Waals surface area (Å²) < 4.78 is 13.7. The van der Waals surface area contributed by atoms with Gasteiger partial charge in [-0.25, -0.2) is 4.39 Å². The standard InChI is InChI=1S/C16H26FN/c1-4-13(3)10-14(12-18-5-2)11-15-8-6-7-9-16(15)17/h6-9,13-14,18H,4-5,10-12H2,1-3H3. The third-order valence-electron chi connectivity index (χ3n) is 3.58. The molecule has 0 radical (unpaired) electrons. The van der Waals surface area contributed by atoms with Gasteiger partial charge in [0.15, 0.2) is 0 Å². The van der Waals surface area contributed by atoms with Gasteiger partial charge in [-0.2, -0.15) is 0 Å². The predicted molar refractivity (Wildman–Crippen MR) is 76.2 cm³/mol. The second-order valence-electron chi connectivity index (χ2n) is 5.22. The van der Waals surface area contributed by atoms with Crippen molar-refractivity contribution in [2.45, 2.75) is 40.0 Å². The Bertz CT molecular complexity index is 338. The minimum absolute atomic E-state index is 0.0665. The molecule has 0 heterocycles. The first-order valence-electron chi connectivity index (χ1n) is 7.11. The molecule has 2 unspecified atom stereocenters. The number of rotatable bonds is 8. The second-order valence-corrected chi connectivity index (χ2v) is 5.22. The van der Waals surface area contributed by atoms with Crippen LogP contribution in [0.1, 0.15) is 39.2 Å². The van der Waals surface area contributed by atoms with Gasteiger partial charge in [-0.3, -0.25) is 0 Å². The van der Waals surface area contributed by atoms with E-state index in [1.165, 1.54) is 6.42 Å². The lowest BCUT2D eigenvalue weighted by atomic mass is 9.89. The summed E-state index contributed by atoms with van der Waals surface area (Å²) in [7, 11) is 0. The van der Waals surface area contributed by atoms with Gasteiger partial charge in [-0.05, 0) is 49.4 Å². The van der Waals surface area contributed by atoms with Crippen LogP contribution in [0.5, 0.6) is 0 Å². The van der Waals surface area contributed by atoms with Gasteiger partial charge in [-0.1, -0.05) is 45.4 Å². The van der Waals surface area contributed by atoms with Gasteiger partial charge in [0.1, 0.15) is 5.82 Å². The molecule has 0 saturated heterocycles. The molecule has 18 heavy (non-hydrogen) atoms. The Labute approximate surface area is 111 Å². The van der Waals surface area contributed by atoms with Gasteiger partial charge in [0.05, 0.1) is 0 Å². The van der Waals surface area contributed by atoms with Gasteiger partial charge in [0.25, 0.3) is 0 Å². The lowest BCUT2D eigenvalue weighted by Gasteiger charge is -2.21. The van der Waals surface area contributed by atoms with Crippen molar-refractivity contribution in [2.75, 3.05) is 13.1 Å². The molecule has 0 bridgehead atoms. The fourth-order valence-corrected chi connectivity index (χ4v) is 2.30. The molecule has 1 aromatic carbocycles. The van der Waals surface area contributed by atoms with Gasteiger partial charge < -0.3 is 5.32 Å². The smallest absolute Gasteiger partial charge is 0.126 e. The fraction of sp³-hybridized carbons (Fsp3) is 0.625. The molecule has 102 valence electrons. The highest BCUT2D eigenvalue weighted by atomic mass is 19.1. The zero-order chi connectivity index (χ0) is 13.4. The van der Waals surface area contributed by atoms with Crippen LogP contribution in [-0.2, 0) is 6.42 Å². The predicted octanol–water partition coefficient (Wildman–Crippen LogP) is 4.03. The summed E-state index contributed by atoms with van der Waals surface area (Å²) in [6, 6.07) is 7.15. The van der Waals surface area contributed by atoms with Crippen molar-refractivity contribution in [3.05, 3.63) is 35.6 Å². The summed E-state index contributed by atoms with van der Waals surface area (Å²) in [5, 5.41) is 3.40.